The summed E-state index contributed by atoms with van der Waals surface area (Å²) in [6.07, 6.45) is -1.06. The number of benzene rings is 2. The van der Waals surface area contributed by atoms with E-state index < -0.39 is 30.2 Å². The largest absolute Gasteiger partial charge is 0.497 e. The van der Waals surface area contributed by atoms with E-state index in [0.717, 1.165) is 6.07 Å². The second kappa shape index (κ2) is 9.23. The van der Waals surface area contributed by atoms with Crippen LogP contribution in [0.1, 0.15) is 24.0 Å². The summed E-state index contributed by atoms with van der Waals surface area (Å²) >= 11 is 6.17. The van der Waals surface area contributed by atoms with Crippen molar-refractivity contribution in [1.29, 1.82) is 0 Å². The molecule has 2 aromatic carbocycles. The van der Waals surface area contributed by atoms with Crippen LogP contribution in [0.25, 0.3) is 0 Å². The Labute approximate surface area is 161 Å². The zero-order chi connectivity index (χ0) is 20.0. The average Bonchev–Trinajstić information content (AvgIpc) is 2.64. The third kappa shape index (κ3) is 5.59. The molecule has 0 saturated heterocycles. The van der Waals surface area contributed by atoms with Gasteiger partial charge in [0.2, 0.25) is 0 Å². The van der Waals surface area contributed by atoms with Crippen molar-refractivity contribution in [1.82, 2.24) is 0 Å². The normalized spacial score (nSPS) is 11.6. The number of halogens is 2. The van der Waals surface area contributed by atoms with Crippen LogP contribution in [0.3, 0.4) is 0 Å². The number of ketones is 1. The Morgan fingerprint density at radius 2 is 1.81 bits per heavy atom. The minimum absolute atomic E-state index is 0.0229. The van der Waals surface area contributed by atoms with E-state index in [9.17, 15) is 14.0 Å². The Balaban J connectivity index is 2.21. The summed E-state index contributed by atoms with van der Waals surface area (Å²) in [7, 11) is 1.56. The van der Waals surface area contributed by atoms with Crippen molar-refractivity contribution in [3.05, 3.63) is 58.4 Å². The Bertz CT molecular complexity index is 826. The van der Waals surface area contributed by atoms with Crippen LogP contribution < -0.4 is 15.2 Å². The first-order valence-corrected chi connectivity index (χ1v) is 8.39. The van der Waals surface area contributed by atoms with E-state index in [1.54, 1.807) is 38.3 Å². The fourth-order valence-corrected chi connectivity index (χ4v) is 2.70. The van der Waals surface area contributed by atoms with Gasteiger partial charge in [-0.1, -0.05) is 18.5 Å². The van der Waals surface area contributed by atoms with Crippen LogP contribution in [0, 0.1) is 5.82 Å². The molecule has 0 spiro atoms. The number of carbonyl (C=O) groups excluding carboxylic acids is 2. The molecule has 0 aromatic heterocycles. The minimum Gasteiger partial charge on any atom is -0.497 e. The molecule has 144 valence electrons. The van der Waals surface area contributed by atoms with E-state index in [1.807, 2.05) is 0 Å². The molecule has 2 rings (SSSR count). The van der Waals surface area contributed by atoms with E-state index in [2.05, 4.69) is 4.74 Å². The van der Waals surface area contributed by atoms with E-state index in [4.69, 9.17) is 26.8 Å². The van der Waals surface area contributed by atoms with Gasteiger partial charge in [0.25, 0.3) is 0 Å². The number of nitrogens with two attached hydrogens (primary N) is 1. The molecule has 27 heavy (non-hydrogen) atoms. The maximum absolute atomic E-state index is 13.8. The van der Waals surface area contributed by atoms with Crippen LogP contribution in [-0.4, -0.2) is 25.6 Å². The van der Waals surface area contributed by atoms with Gasteiger partial charge in [-0.25, -0.2) is 9.18 Å². The molecule has 0 aliphatic rings. The van der Waals surface area contributed by atoms with Crippen LogP contribution >= 0.6 is 11.6 Å². The van der Waals surface area contributed by atoms with Crippen LogP contribution in [0.2, 0.25) is 5.02 Å². The summed E-state index contributed by atoms with van der Waals surface area (Å²) < 4.78 is 29.1. The monoisotopic (exact) mass is 395 g/mol. The van der Waals surface area contributed by atoms with Gasteiger partial charge >= 0.3 is 6.09 Å². The standard InChI is InChI=1S/C19H19ClFNO5/c1-11(18(23)10-27-19(22)24)15-7-12(21)8-17(20)16(15)9-26-14-5-3-13(25-2)4-6-14/h3-8,11H,9-10H2,1-2H3,(H2,22,24). The van der Waals surface area contributed by atoms with E-state index >= 15 is 0 Å². The Morgan fingerprint density at radius 1 is 1.19 bits per heavy atom. The zero-order valence-electron chi connectivity index (χ0n) is 14.8. The Hall–Kier alpha value is -2.80. The number of hydrogen-bond donors (Lipinski definition) is 1. The van der Waals surface area contributed by atoms with E-state index in [1.165, 1.54) is 6.07 Å². The lowest BCUT2D eigenvalue weighted by atomic mass is 9.92. The van der Waals surface area contributed by atoms with Crippen LogP contribution in [-0.2, 0) is 16.1 Å². The van der Waals surface area contributed by atoms with Gasteiger partial charge in [0.05, 0.1) is 12.1 Å². The summed E-state index contributed by atoms with van der Waals surface area (Å²) in [5.74, 6) is -0.568. The Morgan fingerprint density at radius 3 is 2.41 bits per heavy atom. The molecule has 2 aromatic rings. The molecule has 1 amide bonds. The highest BCUT2D eigenvalue weighted by Gasteiger charge is 2.22. The van der Waals surface area contributed by atoms with Crippen molar-refractivity contribution >= 4 is 23.5 Å². The lowest BCUT2D eigenvalue weighted by Crippen LogP contribution is -2.23. The number of Topliss-reactive ketones (excluding diaryl/α,β-unsaturated/α-hetero) is 1. The first-order chi connectivity index (χ1) is 12.8. The molecule has 6 nitrogen and oxygen atoms in total. The molecule has 0 aliphatic heterocycles. The number of ether oxygens (including phenoxy) is 3. The van der Waals surface area contributed by atoms with Gasteiger partial charge in [0.15, 0.2) is 12.4 Å². The molecule has 1 atom stereocenters. The predicted molar refractivity (Wildman–Crippen MR) is 97.7 cm³/mol. The lowest BCUT2D eigenvalue weighted by Gasteiger charge is -2.18. The highest BCUT2D eigenvalue weighted by atomic mass is 35.5. The second-order valence-electron chi connectivity index (χ2n) is 5.72. The highest BCUT2D eigenvalue weighted by Crippen LogP contribution is 2.30. The highest BCUT2D eigenvalue weighted by molar-refractivity contribution is 6.31. The molecule has 2 N–H and O–H groups in total. The fraction of sp³-hybridized carbons (Fsp3) is 0.263. The second-order valence-corrected chi connectivity index (χ2v) is 6.12. The number of carbonyl (C=O) groups is 2. The smallest absolute Gasteiger partial charge is 0.404 e. The molecule has 0 saturated carbocycles. The number of primary amides is 1. The van der Waals surface area contributed by atoms with Crippen molar-refractivity contribution < 1.29 is 28.2 Å². The number of amides is 1. The summed E-state index contributed by atoms with van der Waals surface area (Å²) in [6.45, 7) is 1.08. The maximum atomic E-state index is 13.8. The Kier molecular flexibility index (Phi) is 7.01. The van der Waals surface area contributed by atoms with Gasteiger partial charge < -0.3 is 19.9 Å². The third-order valence-corrected chi connectivity index (χ3v) is 4.28. The molecule has 8 heteroatoms. The van der Waals surface area contributed by atoms with Crippen LogP contribution in [0.15, 0.2) is 36.4 Å². The van der Waals surface area contributed by atoms with Crippen molar-refractivity contribution in [3.63, 3.8) is 0 Å². The average molecular weight is 396 g/mol. The van der Waals surface area contributed by atoms with Gasteiger partial charge in [-0.3, -0.25) is 4.79 Å². The first-order valence-electron chi connectivity index (χ1n) is 8.01. The van der Waals surface area contributed by atoms with Crippen molar-refractivity contribution in [2.75, 3.05) is 13.7 Å². The molecule has 0 bridgehead atoms. The fourth-order valence-electron chi connectivity index (χ4n) is 2.43. The van der Waals surface area contributed by atoms with Gasteiger partial charge in [-0.05, 0) is 42.0 Å². The molecule has 0 fully saturated rings. The topological polar surface area (TPSA) is 87.8 Å². The van der Waals surface area contributed by atoms with Crippen molar-refractivity contribution in [2.24, 2.45) is 5.73 Å². The van der Waals surface area contributed by atoms with Crippen LogP contribution in [0.4, 0.5) is 9.18 Å². The predicted octanol–water partition coefficient (Wildman–Crippen LogP) is 3.83. The summed E-state index contributed by atoms with van der Waals surface area (Å²) in [5, 5.41) is 0.133. The summed E-state index contributed by atoms with van der Waals surface area (Å²) in [4.78, 5) is 22.9. The van der Waals surface area contributed by atoms with Crippen molar-refractivity contribution in [2.45, 2.75) is 19.4 Å². The SMILES string of the molecule is COc1ccc(OCc2c(Cl)cc(F)cc2C(C)C(=O)COC(N)=O)cc1. The number of rotatable bonds is 8. The maximum Gasteiger partial charge on any atom is 0.404 e. The van der Waals surface area contributed by atoms with Gasteiger partial charge in [-0.15, -0.1) is 0 Å². The quantitative estimate of drug-likeness (QED) is 0.733. The molecule has 0 radical (unpaired) electrons. The number of methoxy groups -OCH3 is 1. The zero-order valence-corrected chi connectivity index (χ0v) is 15.6. The molecule has 0 aliphatic carbocycles. The lowest BCUT2D eigenvalue weighted by molar-refractivity contribution is -0.122. The molecule has 1 unspecified atom stereocenters. The number of hydrogen-bond acceptors (Lipinski definition) is 5. The summed E-state index contributed by atoms with van der Waals surface area (Å²) in [6, 6.07) is 9.25. The first kappa shape index (κ1) is 20.5. The van der Waals surface area contributed by atoms with E-state index in [-0.39, 0.29) is 11.6 Å². The molecular weight excluding hydrogens is 377 g/mol. The van der Waals surface area contributed by atoms with Crippen molar-refractivity contribution in [3.8, 4) is 11.5 Å². The minimum atomic E-state index is -1.06. The van der Waals surface area contributed by atoms with Crippen LogP contribution in [0.5, 0.6) is 11.5 Å². The summed E-state index contributed by atoms with van der Waals surface area (Å²) in [5.41, 5.74) is 5.69. The molecular formula is C19H19ClFNO5. The van der Waals surface area contributed by atoms with Gasteiger partial charge in [0.1, 0.15) is 23.9 Å². The van der Waals surface area contributed by atoms with Gasteiger partial charge in [-0.2, -0.15) is 0 Å². The van der Waals surface area contributed by atoms with E-state index in [0.29, 0.717) is 22.6 Å². The third-order valence-electron chi connectivity index (χ3n) is 3.94. The molecule has 0 heterocycles. The van der Waals surface area contributed by atoms with Gasteiger partial charge in [0, 0.05) is 11.5 Å².